The third-order valence-corrected chi connectivity index (χ3v) is 3.27. The molecule has 92 valence electrons. The first-order valence-electron chi connectivity index (χ1n) is 5.99. The average molecular weight is 242 g/mol. The Morgan fingerprint density at radius 3 is 2.56 bits per heavy atom. The average Bonchev–Trinajstić information content (AvgIpc) is 2.84. The zero-order valence-electron chi connectivity index (χ0n) is 10.1. The summed E-state index contributed by atoms with van der Waals surface area (Å²) in [6, 6.07) is 9.55. The van der Waals surface area contributed by atoms with Gasteiger partial charge in [-0.1, -0.05) is 12.1 Å². The summed E-state index contributed by atoms with van der Waals surface area (Å²) in [5, 5.41) is 9.21. The maximum absolute atomic E-state index is 12.4. The number of hydrogen-bond acceptors (Lipinski definition) is 2. The molecule has 0 unspecified atom stereocenters. The van der Waals surface area contributed by atoms with Crippen molar-refractivity contribution < 1.29 is 5.11 Å². The van der Waals surface area contributed by atoms with Gasteiger partial charge < -0.3 is 14.1 Å². The van der Waals surface area contributed by atoms with Gasteiger partial charge in [-0.25, -0.2) is 0 Å². The molecule has 3 rings (SSSR count). The van der Waals surface area contributed by atoms with Crippen LogP contribution in [0.15, 0.2) is 41.3 Å². The molecule has 0 aliphatic carbocycles. The number of rotatable bonds is 2. The van der Waals surface area contributed by atoms with Crippen LogP contribution in [-0.4, -0.2) is 14.1 Å². The van der Waals surface area contributed by atoms with Crippen molar-refractivity contribution in [3.63, 3.8) is 0 Å². The molecule has 0 atom stereocenters. The van der Waals surface area contributed by atoms with Crippen molar-refractivity contribution in [2.45, 2.75) is 20.1 Å². The van der Waals surface area contributed by atoms with E-state index >= 15 is 0 Å². The highest BCUT2D eigenvalue weighted by Crippen LogP contribution is 2.16. The SMILES string of the molecule is CCn1c(=O)c2cc(CO)cn2c2ccccc21. The predicted molar refractivity (Wildman–Crippen MR) is 70.8 cm³/mol. The second-order valence-electron chi connectivity index (χ2n) is 4.30. The summed E-state index contributed by atoms with van der Waals surface area (Å²) in [5.74, 6) is 0. The van der Waals surface area contributed by atoms with Gasteiger partial charge in [0, 0.05) is 12.7 Å². The highest BCUT2D eigenvalue weighted by atomic mass is 16.3. The monoisotopic (exact) mass is 242 g/mol. The van der Waals surface area contributed by atoms with E-state index in [1.165, 1.54) is 0 Å². The van der Waals surface area contributed by atoms with E-state index < -0.39 is 0 Å². The molecule has 0 bridgehead atoms. The molecule has 0 fully saturated rings. The predicted octanol–water partition coefficient (Wildman–Crippen LogP) is 1.77. The third-order valence-electron chi connectivity index (χ3n) is 3.27. The number of hydrogen-bond donors (Lipinski definition) is 1. The Morgan fingerprint density at radius 1 is 1.17 bits per heavy atom. The van der Waals surface area contributed by atoms with Crippen LogP contribution < -0.4 is 5.56 Å². The number of aliphatic hydroxyl groups excluding tert-OH is 1. The maximum Gasteiger partial charge on any atom is 0.275 e. The molecular formula is C14H14N2O2. The zero-order valence-corrected chi connectivity index (χ0v) is 10.1. The van der Waals surface area contributed by atoms with Crippen molar-refractivity contribution in [2.24, 2.45) is 0 Å². The van der Waals surface area contributed by atoms with Crippen LogP contribution in [0.1, 0.15) is 12.5 Å². The number of aryl methyl sites for hydroxylation is 1. The van der Waals surface area contributed by atoms with E-state index in [0.29, 0.717) is 12.1 Å². The second-order valence-corrected chi connectivity index (χ2v) is 4.30. The summed E-state index contributed by atoms with van der Waals surface area (Å²) in [6.45, 7) is 2.54. The fourth-order valence-electron chi connectivity index (χ4n) is 2.43. The van der Waals surface area contributed by atoms with Crippen molar-refractivity contribution in [3.8, 4) is 0 Å². The van der Waals surface area contributed by atoms with Crippen LogP contribution in [0.2, 0.25) is 0 Å². The lowest BCUT2D eigenvalue weighted by molar-refractivity contribution is 0.282. The zero-order chi connectivity index (χ0) is 12.7. The molecule has 1 N–H and O–H groups in total. The largest absolute Gasteiger partial charge is 0.392 e. The van der Waals surface area contributed by atoms with Gasteiger partial charge in [-0.2, -0.15) is 0 Å². The lowest BCUT2D eigenvalue weighted by Crippen LogP contribution is -2.21. The second kappa shape index (κ2) is 3.99. The third kappa shape index (κ3) is 1.39. The summed E-state index contributed by atoms with van der Waals surface area (Å²) in [6.07, 6.45) is 1.82. The Kier molecular flexibility index (Phi) is 2.45. The molecule has 0 saturated carbocycles. The molecule has 18 heavy (non-hydrogen) atoms. The van der Waals surface area contributed by atoms with Gasteiger partial charge in [-0.15, -0.1) is 0 Å². The Labute approximate surface area is 104 Å². The van der Waals surface area contributed by atoms with E-state index in [1.54, 1.807) is 10.6 Å². The fourth-order valence-corrected chi connectivity index (χ4v) is 2.43. The molecule has 2 heterocycles. The number of benzene rings is 1. The molecule has 0 amide bonds. The quantitative estimate of drug-likeness (QED) is 0.744. The van der Waals surface area contributed by atoms with Gasteiger partial charge in [0.05, 0.1) is 17.6 Å². The van der Waals surface area contributed by atoms with Gasteiger partial charge in [0.1, 0.15) is 5.52 Å². The van der Waals surface area contributed by atoms with Crippen LogP contribution in [-0.2, 0) is 13.2 Å². The van der Waals surface area contributed by atoms with Gasteiger partial charge in [0.15, 0.2) is 0 Å². The molecule has 4 heteroatoms. The van der Waals surface area contributed by atoms with E-state index in [9.17, 15) is 9.90 Å². The lowest BCUT2D eigenvalue weighted by atomic mass is 10.3. The Morgan fingerprint density at radius 2 is 1.89 bits per heavy atom. The minimum absolute atomic E-state index is 0.0177. The van der Waals surface area contributed by atoms with Crippen LogP contribution in [0.3, 0.4) is 0 Å². The van der Waals surface area contributed by atoms with E-state index in [-0.39, 0.29) is 12.2 Å². The molecule has 0 aliphatic heterocycles. The van der Waals surface area contributed by atoms with Crippen molar-refractivity contribution in [3.05, 3.63) is 52.4 Å². The van der Waals surface area contributed by atoms with E-state index in [1.807, 2.05) is 41.8 Å². The van der Waals surface area contributed by atoms with Crippen LogP contribution in [0, 0.1) is 0 Å². The normalized spacial score (nSPS) is 11.4. The van der Waals surface area contributed by atoms with Gasteiger partial charge in [0.2, 0.25) is 0 Å². The van der Waals surface area contributed by atoms with Gasteiger partial charge >= 0.3 is 0 Å². The molecule has 0 radical (unpaired) electrons. The highest BCUT2D eigenvalue weighted by Gasteiger charge is 2.10. The van der Waals surface area contributed by atoms with Crippen LogP contribution in [0.5, 0.6) is 0 Å². The van der Waals surface area contributed by atoms with Crippen molar-refractivity contribution in [1.29, 1.82) is 0 Å². The standard InChI is InChI=1S/C14H14N2O2/c1-2-15-11-5-3-4-6-12(11)16-8-10(9-17)7-13(16)14(15)18/h3-8,17H,2,9H2,1H3. The van der Waals surface area contributed by atoms with E-state index in [0.717, 1.165) is 16.6 Å². The van der Waals surface area contributed by atoms with Crippen LogP contribution in [0.4, 0.5) is 0 Å². The maximum atomic E-state index is 12.4. The number of aliphatic hydroxyl groups is 1. The summed E-state index contributed by atoms with van der Waals surface area (Å²) in [5.41, 5.74) is 3.24. The topological polar surface area (TPSA) is 46.6 Å². The fraction of sp³-hybridized carbons (Fsp3) is 0.214. The first-order valence-corrected chi connectivity index (χ1v) is 5.99. The summed E-state index contributed by atoms with van der Waals surface area (Å²) < 4.78 is 3.61. The molecular weight excluding hydrogens is 228 g/mol. The van der Waals surface area contributed by atoms with Gasteiger partial charge in [-0.3, -0.25) is 4.79 Å². The van der Waals surface area contributed by atoms with Crippen LogP contribution >= 0.6 is 0 Å². The molecule has 0 spiro atoms. The van der Waals surface area contributed by atoms with Gasteiger partial charge in [-0.05, 0) is 30.7 Å². The summed E-state index contributed by atoms with van der Waals surface area (Å²) in [4.78, 5) is 12.4. The first-order chi connectivity index (χ1) is 8.76. The Bertz CT molecular complexity index is 783. The number of para-hydroxylation sites is 2. The number of nitrogens with zero attached hydrogens (tertiary/aromatic N) is 2. The number of fused-ring (bicyclic) bond motifs is 3. The van der Waals surface area contributed by atoms with Crippen molar-refractivity contribution in [1.82, 2.24) is 8.97 Å². The molecule has 0 aliphatic rings. The van der Waals surface area contributed by atoms with E-state index in [4.69, 9.17) is 0 Å². The number of aromatic nitrogens is 2. The molecule has 2 aromatic heterocycles. The van der Waals surface area contributed by atoms with E-state index in [2.05, 4.69) is 0 Å². The molecule has 4 nitrogen and oxygen atoms in total. The smallest absolute Gasteiger partial charge is 0.275 e. The van der Waals surface area contributed by atoms with Crippen molar-refractivity contribution in [2.75, 3.05) is 0 Å². The minimum Gasteiger partial charge on any atom is -0.392 e. The Balaban J connectivity index is 2.59. The molecule has 3 aromatic rings. The summed E-state index contributed by atoms with van der Waals surface area (Å²) >= 11 is 0. The highest BCUT2D eigenvalue weighted by molar-refractivity contribution is 5.79. The van der Waals surface area contributed by atoms with Crippen LogP contribution in [0.25, 0.3) is 16.6 Å². The summed E-state index contributed by atoms with van der Waals surface area (Å²) in [7, 11) is 0. The minimum atomic E-state index is -0.0540. The first kappa shape index (κ1) is 11.0. The van der Waals surface area contributed by atoms with Gasteiger partial charge in [0.25, 0.3) is 5.56 Å². The lowest BCUT2D eigenvalue weighted by Gasteiger charge is -2.09. The Hall–Kier alpha value is -2.07. The molecule has 0 saturated heterocycles. The molecule has 1 aromatic carbocycles. The van der Waals surface area contributed by atoms with Crippen molar-refractivity contribution >= 4 is 16.6 Å².